The lowest BCUT2D eigenvalue weighted by Gasteiger charge is -2.10. The van der Waals surface area contributed by atoms with E-state index in [0.717, 1.165) is 12.5 Å². The second-order valence-corrected chi connectivity index (χ2v) is 3.46. The number of rotatable bonds is 3. The maximum absolute atomic E-state index is 12.9. The average molecular weight is 211 g/mol. The predicted molar refractivity (Wildman–Crippen MR) is 56.1 cm³/mol. The molecule has 1 atom stereocenters. The fourth-order valence-electron chi connectivity index (χ4n) is 1.04. The minimum absolute atomic E-state index is 0.109. The fourth-order valence-corrected chi connectivity index (χ4v) is 1.04. The molecule has 0 saturated heterocycles. The van der Waals surface area contributed by atoms with Crippen molar-refractivity contribution in [2.24, 2.45) is 5.92 Å². The van der Waals surface area contributed by atoms with Gasteiger partial charge in [0, 0.05) is 17.7 Å². The first-order chi connectivity index (χ1) is 7.04. The number of aromatic hydroxyl groups is 1. The molecular weight excluding hydrogens is 197 g/mol. The van der Waals surface area contributed by atoms with E-state index in [0.29, 0.717) is 5.69 Å². The van der Waals surface area contributed by atoms with Crippen molar-refractivity contribution in [3.8, 4) is 5.75 Å². The molecule has 1 unspecified atom stereocenters. The molecule has 0 saturated carbocycles. The van der Waals surface area contributed by atoms with Crippen molar-refractivity contribution in [1.29, 1.82) is 0 Å². The van der Waals surface area contributed by atoms with Crippen molar-refractivity contribution >= 4 is 11.6 Å². The summed E-state index contributed by atoms with van der Waals surface area (Å²) in [6.07, 6.45) is 0.729. The summed E-state index contributed by atoms with van der Waals surface area (Å²) in [5.74, 6) is -1.42. The molecule has 1 aromatic rings. The van der Waals surface area contributed by atoms with Crippen LogP contribution in [0, 0.1) is 11.7 Å². The van der Waals surface area contributed by atoms with Gasteiger partial charge in [0.05, 0.1) is 0 Å². The second-order valence-electron chi connectivity index (χ2n) is 3.46. The van der Waals surface area contributed by atoms with E-state index in [2.05, 4.69) is 5.32 Å². The van der Waals surface area contributed by atoms with Gasteiger partial charge in [-0.2, -0.15) is 0 Å². The second kappa shape index (κ2) is 4.77. The number of anilines is 1. The number of phenolic OH excluding ortho intramolecular Hbond substituents is 1. The Kier molecular flexibility index (Phi) is 3.66. The van der Waals surface area contributed by atoms with Gasteiger partial charge in [-0.3, -0.25) is 4.79 Å². The highest BCUT2D eigenvalue weighted by Crippen LogP contribution is 2.19. The summed E-state index contributed by atoms with van der Waals surface area (Å²) in [5, 5.41) is 11.5. The summed E-state index contributed by atoms with van der Waals surface area (Å²) >= 11 is 0. The zero-order valence-electron chi connectivity index (χ0n) is 8.75. The van der Waals surface area contributed by atoms with Crippen molar-refractivity contribution in [3.05, 3.63) is 24.0 Å². The SMILES string of the molecule is CCC(C)C(=O)Nc1ccc(O)c(F)c1. The summed E-state index contributed by atoms with van der Waals surface area (Å²) in [6, 6.07) is 3.76. The molecule has 2 N–H and O–H groups in total. The highest BCUT2D eigenvalue weighted by atomic mass is 19.1. The van der Waals surface area contributed by atoms with E-state index < -0.39 is 11.6 Å². The summed E-state index contributed by atoms with van der Waals surface area (Å²) in [5.41, 5.74) is 0.357. The monoisotopic (exact) mass is 211 g/mol. The Bertz CT molecular complexity index is 366. The van der Waals surface area contributed by atoms with E-state index in [1.165, 1.54) is 12.1 Å². The molecule has 15 heavy (non-hydrogen) atoms. The Hall–Kier alpha value is -1.58. The molecule has 1 aromatic carbocycles. The van der Waals surface area contributed by atoms with Crippen molar-refractivity contribution in [2.45, 2.75) is 20.3 Å². The van der Waals surface area contributed by atoms with Crippen LogP contribution in [0.1, 0.15) is 20.3 Å². The Morgan fingerprint density at radius 2 is 2.27 bits per heavy atom. The summed E-state index contributed by atoms with van der Waals surface area (Å²) in [7, 11) is 0. The highest BCUT2D eigenvalue weighted by molar-refractivity contribution is 5.92. The van der Waals surface area contributed by atoms with E-state index in [-0.39, 0.29) is 11.8 Å². The number of phenols is 1. The van der Waals surface area contributed by atoms with Crippen LogP contribution in [0.3, 0.4) is 0 Å². The summed E-state index contributed by atoms with van der Waals surface area (Å²) < 4.78 is 12.9. The summed E-state index contributed by atoms with van der Waals surface area (Å²) in [6.45, 7) is 3.70. The van der Waals surface area contributed by atoms with Gasteiger partial charge in [-0.1, -0.05) is 13.8 Å². The molecule has 4 heteroatoms. The zero-order chi connectivity index (χ0) is 11.4. The van der Waals surface area contributed by atoms with Crippen LogP contribution in [0.15, 0.2) is 18.2 Å². The Morgan fingerprint density at radius 3 is 2.80 bits per heavy atom. The molecule has 3 nitrogen and oxygen atoms in total. The van der Waals surface area contributed by atoms with Gasteiger partial charge in [-0.15, -0.1) is 0 Å². The quantitative estimate of drug-likeness (QED) is 0.755. The number of halogens is 1. The molecule has 0 spiro atoms. The number of nitrogens with one attached hydrogen (secondary N) is 1. The number of hydrogen-bond donors (Lipinski definition) is 2. The fraction of sp³-hybridized carbons (Fsp3) is 0.364. The molecule has 0 aliphatic heterocycles. The number of carbonyl (C=O) groups is 1. The van der Waals surface area contributed by atoms with Gasteiger partial charge in [0.15, 0.2) is 11.6 Å². The third-order valence-electron chi connectivity index (χ3n) is 2.28. The standard InChI is InChI=1S/C11H14FNO2/c1-3-7(2)11(15)13-8-4-5-10(14)9(12)6-8/h4-7,14H,3H2,1-2H3,(H,13,15). The Morgan fingerprint density at radius 1 is 1.60 bits per heavy atom. The van der Waals surface area contributed by atoms with Gasteiger partial charge >= 0.3 is 0 Å². The van der Waals surface area contributed by atoms with Crippen LogP contribution in [0.25, 0.3) is 0 Å². The predicted octanol–water partition coefficient (Wildman–Crippen LogP) is 2.52. The molecule has 0 fully saturated rings. The first-order valence-corrected chi connectivity index (χ1v) is 4.84. The Balaban J connectivity index is 2.73. The van der Waals surface area contributed by atoms with Crippen molar-refractivity contribution in [1.82, 2.24) is 0 Å². The molecule has 0 radical (unpaired) electrons. The molecule has 1 rings (SSSR count). The zero-order valence-corrected chi connectivity index (χ0v) is 8.75. The van der Waals surface area contributed by atoms with E-state index >= 15 is 0 Å². The van der Waals surface area contributed by atoms with E-state index in [4.69, 9.17) is 5.11 Å². The topological polar surface area (TPSA) is 49.3 Å². The minimum Gasteiger partial charge on any atom is -0.505 e. The van der Waals surface area contributed by atoms with Gasteiger partial charge < -0.3 is 10.4 Å². The van der Waals surface area contributed by atoms with Gasteiger partial charge in [-0.25, -0.2) is 4.39 Å². The van der Waals surface area contributed by atoms with Crippen LogP contribution in [0.5, 0.6) is 5.75 Å². The molecule has 1 amide bonds. The maximum Gasteiger partial charge on any atom is 0.227 e. The lowest BCUT2D eigenvalue weighted by molar-refractivity contribution is -0.119. The van der Waals surface area contributed by atoms with Gasteiger partial charge in [0.25, 0.3) is 0 Å². The normalized spacial score (nSPS) is 12.2. The molecular formula is C11H14FNO2. The first kappa shape index (κ1) is 11.5. The molecule has 82 valence electrons. The maximum atomic E-state index is 12.9. The van der Waals surface area contributed by atoms with E-state index in [1.807, 2.05) is 6.92 Å². The number of carbonyl (C=O) groups excluding carboxylic acids is 1. The third kappa shape index (κ3) is 2.94. The average Bonchev–Trinajstić information content (AvgIpc) is 2.22. The van der Waals surface area contributed by atoms with Gasteiger partial charge in [-0.05, 0) is 18.6 Å². The van der Waals surface area contributed by atoms with Crippen LogP contribution in [-0.4, -0.2) is 11.0 Å². The van der Waals surface area contributed by atoms with Crippen molar-refractivity contribution < 1.29 is 14.3 Å². The molecule has 0 aromatic heterocycles. The van der Waals surface area contributed by atoms with Gasteiger partial charge in [0.1, 0.15) is 0 Å². The third-order valence-corrected chi connectivity index (χ3v) is 2.28. The van der Waals surface area contributed by atoms with Crippen LogP contribution in [0.2, 0.25) is 0 Å². The summed E-state index contributed by atoms with van der Waals surface area (Å²) in [4.78, 5) is 11.4. The smallest absolute Gasteiger partial charge is 0.227 e. The largest absolute Gasteiger partial charge is 0.505 e. The number of amides is 1. The molecule has 0 bridgehead atoms. The van der Waals surface area contributed by atoms with E-state index in [1.54, 1.807) is 6.92 Å². The van der Waals surface area contributed by atoms with Crippen molar-refractivity contribution in [3.63, 3.8) is 0 Å². The van der Waals surface area contributed by atoms with Crippen LogP contribution >= 0.6 is 0 Å². The molecule has 0 aliphatic carbocycles. The van der Waals surface area contributed by atoms with Crippen LogP contribution < -0.4 is 5.32 Å². The lowest BCUT2D eigenvalue weighted by Crippen LogP contribution is -2.19. The number of benzene rings is 1. The molecule has 0 heterocycles. The van der Waals surface area contributed by atoms with Crippen LogP contribution in [-0.2, 0) is 4.79 Å². The number of hydrogen-bond acceptors (Lipinski definition) is 2. The first-order valence-electron chi connectivity index (χ1n) is 4.84. The Labute approximate surface area is 87.9 Å². The lowest BCUT2D eigenvalue weighted by atomic mass is 10.1. The van der Waals surface area contributed by atoms with Gasteiger partial charge in [0.2, 0.25) is 5.91 Å². The van der Waals surface area contributed by atoms with Crippen LogP contribution in [0.4, 0.5) is 10.1 Å². The highest BCUT2D eigenvalue weighted by Gasteiger charge is 2.11. The van der Waals surface area contributed by atoms with E-state index in [9.17, 15) is 9.18 Å². The minimum atomic E-state index is -0.739. The van der Waals surface area contributed by atoms with Crippen molar-refractivity contribution in [2.75, 3.05) is 5.32 Å². The molecule has 0 aliphatic rings.